The third-order valence-electron chi connectivity index (χ3n) is 4.25. The predicted molar refractivity (Wildman–Crippen MR) is 67.1 cm³/mol. The first kappa shape index (κ1) is 10.2. The molecule has 1 aliphatic heterocycles. The highest BCUT2D eigenvalue weighted by atomic mass is 15.2. The molecule has 1 aromatic carbocycles. The number of rotatable bonds is 2. The Balaban J connectivity index is 1.72. The zero-order valence-corrected chi connectivity index (χ0v) is 9.95. The molecule has 1 aromatic rings. The van der Waals surface area contributed by atoms with Gasteiger partial charge in [0.1, 0.15) is 0 Å². The van der Waals surface area contributed by atoms with Crippen LogP contribution in [0.2, 0.25) is 0 Å². The summed E-state index contributed by atoms with van der Waals surface area (Å²) in [5.41, 5.74) is 9.44. The topological polar surface area (TPSA) is 29.3 Å². The number of piperidine rings is 1. The van der Waals surface area contributed by atoms with Gasteiger partial charge in [0.05, 0.1) is 0 Å². The fourth-order valence-electron chi connectivity index (χ4n) is 3.24. The number of fused-ring (bicyclic) bond motifs is 2. The molecule has 2 bridgehead atoms. The van der Waals surface area contributed by atoms with E-state index in [1.807, 2.05) is 0 Å². The summed E-state index contributed by atoms with van der Waals surface area (Å²) in [6.45, 7) is 4.46. The van der Waals surface area contributed by atoms with Crippen molar-refractivity contribution in [2.45, 2.75) is 38.8 Å². The van der Waals surface area contributed by atoms with Gasteiger partial charge in [0.2, 0.25) is 0 Å². The summed E-state index contributed by atoms with van der Waals surface area (Å²) < 4.78 is 0. The summed E-state index contributed by atoms with van der Waals surface area (Å²) in [5.74, 6) is 0.979. The molecule has 1 saturated carbocycles. The molecule has 2 atom stereocenters. The molecule has 3 rings (SSSR count). The molecule has 1 heterocycles. The third-order valence-corrected chi connectivity index (χ3v) is 4.25. The van der Waals surface area contributed by atoms with Gasteiger partial charge in [-0.2, -0.15) is 0 Å². The standard InChI is InChI=1S/C14H20N2/c1-10-2-3-12(7-14(10)15)9-16-8-11-4-5-13(16)6-11/h2-3,7,11,13H,4-6,8-9,15H2,1H3. The lowest BCUT2D eigenvalue weighted by Crippen LogP contribution is -2.31. The van der Waals surface area contributed by atoms with Crippen LogP contribution in [0.15, 0.2) is 18.2 Å². The van der Waals surface area contributed by atoms with Gasteiger partial charge in [-0.25, -0.2) is 0 Å². The lowest BCUT2D eigenvalue weighted by atomic mass is 10.1. The van der Waals surface area contributed by atoms with E-state index in [1.165, 1.54) is 36.9 Å². The molecular formula is C14H20N2. The average molecular weight is 216 g/mol. The van der Waals surface area contributed by atoms with Crippen molar-refractivity contribution in [1.82, 2.24) is 4.90 Å². The summed E-state index contributed by atoms with van der Waals surface area (Å²) in [5, 5.41) is 0. The Bertz CT molecular complexity index is 400. The summed E-state index contributed by atoms with van der Waals surface area (Å²) >= 11 is 0. The molecule has 0 amide bonds. The van der Waals surface area contributed by atoms with Crippen LogP contribution in [0.3, 0.4) is 0 Å². The van der Waals surface area contributed by atoms with Gasteiger partial charge >= 0.3 is 0 Å². The highest BCUT2D eigenvalue weighted by molar-refractivity contribution is 5.48. The first-order chi connectivity index (χ1) is 7.72. The van der Waals surface area contributed by atoms with Gasteiger partial charge in [-0.3, -0.25) is 4.90 Å². The Labute approximate surface area is 97.4 Å². The molecule has 0 aromatic heterocycles. The van der Waals surface area contributed by atoms with E-state index in [1.54, 1.807) is 0 Å². The van der Waals surface area contributed by atoms with Crippen molar-refractivity contribution < 1.29 is 0 Å². The first-order valence-electron chi connectivity index (χ1n) is 6.31. The number of anilines is 1. The first-order valence-corrected chi connectivity index (χ1v) is 6.31. The number of aryl methyl sites for hydroxylation is 1. The smallest absolute Gasteiger partial charge is 0.0346 e. The third kappa shape index (κ3) is 1.71. The molecule has 2 unspecified atom stereocenters. The van der Waals surface area contributed by atoms with Gasteiger partial charge in [0.15, 0.2) is 0 Å². The van der Waals surface area contributed by atoms with Crippen LogP contribution < -0.4 is 5.73 Å². The van der Waals surface area contributed by atoms with Crippen LogP contribution >= 0.6 is 0 Å². The summed E-state index contributed by atoms with van der Waals surface area (Å²) in [4.78, 5) is 2.64. The minimum Gasteiger partial charge on any atom is -0.399 e. The Morgan fingerprint density at radius 2 is 2.25 bits per heavy atom. The Morgan fingerprint density at radius 3 is 2.88 bits per heavy atom. The lowest BCUT2D eigenvalue weighted by Gasteiger charge is -2.26. The van der Waals surface area contributed by atoms with Gasteiger partial charge in [0, 0.05) is 24.8 Å². The fraction of sp³-hybridized carbons (Fsp3) is 0.571. The van der Waals surface area contributed by atoms with Gasteiger partial charge in [-0.05, 0) is 49.3 Å². The van der Waals surface area contributed by atoms with Crippen molar-refractivity contribution in [1.29, 1.82) is 0 Å². The molecule has 2 fully saturated rings. The van der Waals surface area contributed by atoms with Crippen molar-refractivity contribution in [2.24, 2.45) is 5.92 Å². The molecule has 2 N–H and O–H groups in total. The maximum Gasteiger partial charge on any atom is 0.0346 e. The molecule has 1 saturated heterocycles. The van der Waals surface area contributed by atoms with E-state index in [2.05, 4.69) is 30.0 Å². The zero-order chi connectivity index (χ0) is 11.1. The number of benzene rings is 1. The number of hydrogen-bond donors (Lipinski definition) is 1. The molecule has 2 heteroatoms. The molecule has 0 radical (unpaired) electrons. The molecule has 16 heavy (non-hydrogen) atoms. The molecular weight excluding hydrogens is 196 g/mol. The number of nitrogens with two attached hydrogens (primary N) is 1. The number of nitrogen functional groups attached to an aromatic ring is 1. The van der Waals surface area contributed by atoms with Crippen LogP contribution in [0.4, 0.5) is 5.69 Å². The molecule has 2 aliphatic rings. The van der Waals surface area contributed by atoms with E-state index in [0.29, 0.717) is 0 Å². The lowest BCUT2D eigenvalue weighted by molar-refractivity contribution is 0.205. The van der Waals surface area contributed by atoms with Crippen molar-refractivity contribution in [3.63, 3.8) is 0 Å². The van der Waals surface area contributed by atoms with Crippen molar-refractivity contribution in [3.05, 3.63) is 29.3 Å². The predicted octanol–water partition coefficient (Wildman–Crippen LogP) is 2.56. The summed E-state index contributed by atoms with van der Waals surface area (Å²) in [7, 11) is 0. The number of hydrogen-bond acceptors (Lipinski definition) is 2. The van der Waals surface area contributed by atoms with E-state index >= 15 is 0 Å². The molecule has 86 valence electrons. The Hall–Kier alpha value is -1.02. The molecule has 2 nitrogen and oxygen atoms in total. The van der Waals surface area contributed by atoms with Crippen molar-refractivity contribution in [3.8, 4) is 0 Å². The maximum atomic E-state index is 5.95. The van der Waals surface area contributed by atoms with E-state index in [-0.39, 0.29) is 0 Å². The average Bonchev–Trinajstić information content (AvgIpc) is 2.85. The number of likely N-dealkylation sites (tertiary alicyclic amines) is 1. The summed E-state index contributed by atoms with van der Waals surface area (Å²) in [6.07, 6.45) is 4.30. The van der Waals surface area contributed by atoms with Gasteiger partial charge in [0.25, 0.3) is 0 Å². The van der Waals surface area contributed by atoms with Crippen molar-refractivity contribution in [2.75, 3.05) is 12.3 Å². The van der Waals surface area contributed by atoms with E-state index < -0.39 is 0 Å². The van der Waals surface area contributed by atoms with E-state index in [4.69, 9.17) is 5.73 Å². The second-order valence-electron chi connectivity index (χ2n) is 5.45. The normalized spacial score (nSPS) is 28.8. The van der Waals surface area contributed by atoms with E-state index in [9.17, 15) is 0 Å². The quantitative estimate of drug-likeness (QED) is 0.770. The highest BCUT2D eigenvalue weighted by Gasteiger charge is 2.37. The van der Waals surface area contributed by atoms with Crippen LogP contribution in [-0.4, -0.2) is 17.5 Å². The van der Waals surface area contributed by atoms with Gasteiger partial charge < -0.3 is 5.73 Å². The number of nitrogens with zero attached hydrogens (tertiary/aromatic N) is 1. The summed E-state index contributed by atoms with van der Waals surface area (Å²) in [6, 6.07) is 7.35. The fourth-order valence-corrected chi connectivity index (χ4v) is 3.24. The van der Waals surface area contributed by atoms with Crippen molar-refractivity contribution >= 4 is 5.69 Å². The highest BCUT2D eigenvalue weighted by Crippen LogP contribution is 2.38. The maximum absolute atomic E-state index is 5.95. The largest absolute Gasteiger partial charge is 0.399 e. The minimum atomic E-state index is 0.854. The van der Waals surface area contributed by atoms with Crippen LogP contribution in [0.1, 0.15) is 30.4 Å². The van der Waals surface area contributed by atoms with Crippen LogP contribution in [0.5, 0.6) is 0 Å². The second-order valence-corrected chi connectivity index (χ2v) is 5.45. The van der Waals surface area contributed by atoms with E-state index in [0.717, 1.165) is 24.2 Å². The van der Waals surface area contributed by atoms with Gasteiger partial charge in [-0.1, -0.05) is 12.1 Å². The van der Waals surface area contributed by atoms with Gasteiger partial charge in [-0.15, -0.1) is 0 Å². The Morgan fingerprint density at radius 1 is 1.38 bits per heavy atom. The van der Waals surface area contributed by atoms with Crippen LogP contribution in [0.25, 0.3) is 0 Å². The minimum absolute atomic E-state index is 0.854. The molecule has 0 spiro atoms. The molecule has 1 aliphatic carbocycles. The SMILES string of the molecule is Cc1ccc(CN2CC3CCC2C3)cc1N. The van der Waals surface area contributed by atoms with Crippen LogP contribution in [0, 0.1) is 12.8 Å². The van der Waals surface area contributed by atoms with Crippen LogP contribution in [-0.2, 0) is 6.54 Å². The monoisotopic (exact) mass is 216 g/mol. The zero-order valence-electron chi connectivity index (χ0n) is 9.95. The second kappa shape index (κ2) is 3.77. The Kier molecular flexibility index (Phi) is 2.40.